The zero-order valence-corrected chi connectivity index (χ0v) is 13.8. The number of fused-ring (bicyclic) bond motifs is 3. The van der Waals surface area contributed by atoms with E-state index >= 15 is 0 Å². The van der Waals surface area contributed by atoms with Crippen molar-refractivity contribution in [3.8, 4) is 5.75 Å². The number of phenolic OH excluding ortho intramolecular Hbond substituents is 1. The smallest absolute Gasteiger partial charge is 0.145 e. The summed E-state index contributed by atoms with van der Waals surface area (Å²) in [6, 6.07) is 5.79. The fourth-order valence-corrected chi connectivity index (χ4v) is 4.70. The molecule has 2 aliphatic rings. The van der Waals surface area contributed by atoms with Gasteiger partial charge in [0.1, 0.15) is 23.4 Å². The molecule has 1 N–H and O–H groups in total. The Morgan fingerprint density at radius 2 is 2.10 bits per heavy atom. The Balaban J connectivity index is 2.15. The first-order valence-corrected chi connectivity index (χ1v) is 8.17. The Morgan fingerprint density at radius 1 is 1.33 bits per heavy atom. The summed E-state index contributed by atoms with van der Waals surface area (Å²) in [5.41, 5.74) is 2.26. The molecular formula is C18H28NO2+. The highest BCUT2D eigenvalue weighted by molar-refractivity contribution is 5.43. The van der Waals surface area contributed by atoms with E-state index in [4.69, 9.17) is 4.74 Å². The molecule has 3 unspecified atom stereocenters. The second-order valence-electron chi connectivity index (χ2n) is 7.34. The molecule has 1 aromatic rings. The van der Waals surface area contributed by atoms with Crippen molar-refractivity contribution in [2.75, 3.05) is 26.7 Å². The van der Waals surface area contributed by atoms with Gasteiger partial charge in [-0.2, -0.15) is 0 Å². The van der Waals surface area contributed by atoms with Crippen LogP contribution in [-0.4, -0.2) is 41.9 Å². The van der Waals surface area contributed by atoms with E-state index in [1.54, 1.807) is 6.07 Å². The van der Waals surface area contributed by atoms with Gasteiger partial charge >= 0.3 is 0 Å². The number of ether oxygens (including phenoxy) is 1. The van der Waals surface area contributed by atoms with E-state index in [9.17, 15) is 5.11 Å². The van der Waals surface area contributed by atoms with Gasteiger partial charge in [-0.1, -0.05) is 13.0 Å². The maximum atomic E-state index is 9.95. The minimum absolute atomic E-state index is 0.0576. The van der Waals surface area contributed by atoms with Gasteiger partial charge < -0.3 is 14.3 Å². The zero-order chi connectivity index (χ0) is 15.3. The molecule has 3 heteroatoms. The molecule has 0 radical (unpaired) electrons. The van der Waals surface area contributed by atoms with E-state index in [-0.39, 0.29) is 11.1 Å². The van der Waals surface area contributed by atoms with Crippen molar-refractivity contribution in [2.24, 2.45) is 0 Å². The maximum Gasteiger partial charge on any atom is 0.145 e. The maximum absolute atomic E-state index is 9.95. The Labute approximate surface area is 128 Å². The molecule has 0 aromatic heterocycles. The largest absolute Gasteiger partial charge is 0.508 e. The number of aryl methyl sites for hydroxylation is 1. The standard InChI is InChI=1S/C18H27NO2/c1-5-10-19(4)11-12-21-18(3)16-13-15(20)7-6-14(16)8-9-17(18,19)2/h6-7,13H,5,8-12H2,1-4H3/p+1. The summed E-state index contributed by atoms with van der Waals surface area (Å²) in [5, 5.41) is 9.95. The highest BCUT2D eigenvalue weighted by Crippen LogP contribution is 2.53. The van der Waals surface area contributed by atoms with Crippen LogP contribution in [0.4, 0.5) is 0 Å². The fraction of sp³-hybridized carbons (Fsp3) is 0.667. The first kappa shape index (κ1) is 14.9. The molecule has 21 heavy (non-hydrogen) atoms. The van der Waals surface area contributed by atoms with E-state index in [1.807, 2.05) is 6.07 Å². The van der Waals surface area contributed by atoms with Crippen LogP contribution in [-0.2, 0) is 16.8 Å². The van der Waals surface area contributed by atoms with Crippen LogP contribution in [0.25, 0.3) is 0 Å². The number of nitrogens with zero attached hydrogens (tertiary/aromatic N) is 1. The number of quaternary nitrogens is 1. The van der Waals surface area contributed by atoms with Gasteiger partial charge in [0.2, 0.25) is 0 Å². The van der Waals surface area contributed by atoms with E-state index in [1.165, 1.54) is 24.1 Å². The molecule has 3 nitrogen and oxygen atoms in total. The predicted octanol–water partition coefficient (Wildman–Crippen LogP) is 3.20. The second kappa shape index (κ2) is 4.72. The van der Waals surface area contributed by atoms with Crippen LogP contribution in [0.5, 0.6) is 5.75 Å². The number of morpholine rings is 1. The molecule has 1 aliphatic carbocycles. The molecule has 1 saturated heterocycles. The number of phenols is 1. The van der Waals surface area contributed by atoms with E-state index in [0.29, 0.717) is 5.75 Å². The molecule has 1 fully saturated rings. The summed E-state index contributed by atoms with van der Waals surface area (Å²) in [7, 11) is 2.39. The van der Waals surface area contributed by atoms with Crippen LogP contribution in [0.1, 0.15) is 44.7 Å². The third-order valence-electron chi connectivity index (χ3n) is 6.40. The third kappa shape index (κ3) is 1.87. The van der Waals surface area contributed by atoms with Gasteiger partial charge in [-0.15, -0.1) is 0 Å². The normalized spacial score (nSPS) is 38.7. The van der Waals surface area contributed by atoms with Crippen molar-refractivity contribution in [2.45, 2.75) is 51.2 Å². The zero-order valence-electron chi connectivity index (χ0n) is 13.8. The molecule has 1 heterocycles. The lowest BCUT2D eigenvalue weighted by Crippen LogP contribution is -2.75. The Morgan fingerprint density at radius 3 is 2.81 bits per heavy atom. The van der Waals surface area contributed by atoms with Gasteiger partial charge in [0, 0.05) is 6.42 Å². The highest BCUT2D eigenvalue weighted by Gasteiger charge is 2.62. The minimum atomic E-state index is -0.318. The molecule has 3 atom stereocenters. The van der Waals surface area contributed by atoms with Gasteiger partial charge in [-0.25, -0.2) is 0 Å². The summed E-state index contributed by atoms with van der Waals surface area (Å²) in [4.78, 5) is 0. The second-order valence-corrected chi connectivity index (χ2v) is 7.34. The van der Waals surface area contributed by atoms with Crippen LogP contribution in [0.2, 0.25) is 0 Å². The summed E-state index contributed by atoms with van der Waals surface area (Å²) in [6.45, 7) is 9.93. The average Bonchev–Trinajstić information content (AvgIpc) is 2.43. The molecule has 0 bridgehead atoms. The van der Waals surface area contributed by atoms with Crippen LogP contribution >= 0.6 is 0 Å². The van der Waals surface area contributed by atoms with Gasteiger partial charge in [-0.3, -0.25) is 0 Å². The van der Waals surface area contributed by atoms with Gasteiger partial charge in [0.25, 0.3) is 0 Å². The number of hydrogen-bond donors (Lipinski definition) is 1. The van der Waals surface area contributed by atoms with Crippen LogP contribution in [0, 0.1) is 0 Å². The summed E-state index contributed by atoms with van der Waals surface area (Å²) < 4.78 is 7.43. The number of benzene rings is 1. The predicted molar refractivity (Wildman–Crippen MR) is 84.3 cm³/mol. The first-order valence-electron chi connectivity index (χ1n) is 8.17. The van der Waals surface area contributed by atoms with Crippen molar-refractivity contribution < 1.29 is 14.3 Å². The molecule has 3 rings (SSSR count). The minimum Gasteiger partial charge on any atom is -0.508 e. The first-order chi connectivity index (χ1) is 9.86. The van der Waals surface area contributed by atoms with Crippen molar-refractivity contribution in [1.29, 1.82) is 0 Å². The Hall–Kier alpha value is -1.06. The van der Waals surface area contributed by atoms with Gasteiger partial charge in [0.05, 0.1) is 20.2 Å². The van der Waals surface area contributed by atoms with Crippen molar-refractivity contribution in [3.05, 3.63) is 29.3 Å². The molecule has 116 valence electrons. The van der Waals surface area contributed by atoms with Crippen molar-refractivity contribution in [3.63, 3.8) is 0 Å². The topological polar surface area (TPSA) is 29.5 Å². The number of likely N-dealkylation sites (N-methyl/N-ethyl adjacent to an activating group) is 1. The fourth-order valence-electron chi connectivity index (χ4n) is 4.70. The molecular weight excluding hydrogens is 262 g/mol. The SMILES string of the molecule is CCC[N+]1(C)CCOC2(C)c3cc(O)ccc3CCC21C. The lowest BCUT2D eigenvalue weighted by Gasteiger charge is -2.62. The lowest BCUT2D eigenvalue weighted by atomic mass is 9.65. The van der Waals surface area contributed by atoms with Crippen molar-refractivity contribution >= 4 is 0 Å². The lowest BCUT2D eigenvalue weighted by molar-refractivity contribution is -0.976. The van der Waals surface area contributed by atoms with E-state index < -0.39 is 0 Å². The quantitative estimate of drug-likeness (QED) is 0.848. The molecule has 0 spiro atoms. The average molecular weight is 290 g/mol. The van der Waals surface area contributed by atoms with E-state index in [0.717, 1.165) is 30.5 Å². The Bertz CT molecular complexity index is 554. The molecule has 1 aromatic carbocycles. The monoisotopic (exact) mass is 290 g/mol. The summed E-state index contributed by atoms with van der Waals surface area (Å²) in [6.07, 6.45) is 3.40. The molecule has 0 amide bonds. The Kier molecular flexibility index (Phi) is 3.34. The van der Waals surface area contributed by atoms with Gasteiger partial charge in [0.15, 0.2) is 0 Å². The van der Waals surface area contributed by atoms with Crippen LogP contribution < -0.4 is 0 Å². The van der Waals surface area contributed by atoms with Crippen molar-refractivity contribution in [1.82, 2.24) is 0 Å². The van der Waals surface area contributed by atoms with E-state index in [2.05, 4.69) is 33.9 Å². The molecule has 1 aliphatic heterocycles. The number of aromatic hydroxyl groups is 1. The van der Waals surface area contributed by atoms with Crippen LogP contribution in [0.3, 0.4) is 0 Å². The third-order valence-corrected chi connectivity index (χ3v) is 6.40. The summed E-state index contributed by atoms with van der Waals surface area (Å²) in [5.74, 6) is 0.345. The van der Waals surface area contributed by atoms with Gasteiger partial charge in [-0.05, 0) is 49.9 Å². The highest BCUT2D eigenvalue weighted by atomic mass is 16.5. The number of rotatable bonds is 2. The number of hydrogen-bond acceptors (Lipinski definition) is 2. The van der Waals surface area contributed by atoms with Crippen LogP contribution in [0.15, 0.2) is 18.2 Å². The summed E-state index contributed by atoms with van der Waals surface area (Å²) >= 11 is 0. The molecule has 0 saturated carbocycles.